The molecule has 2 aromatic carbocycles. The summed E-state index contributed by atoms with van der Waals surface area (Å²) in [6, 6.07) is 13.2. The van der Waals surface area contributed by atoms with E-state index >= 15 is 0 Å². The third-order valence-electron chi connectivity index (χ3n) is 6.94. The van der Waals surface area contributed by atoms with Gasteiger partial charge in [-0.3, -0.25) is 9.59 Å². The smallest absolute Gasteiger partial charge is 0.234 e. The van der Waals surface area contributed by atoms with Crippen molar-refractivity contribution in [3.63, 3.8) is 0 Å². The number of ether oxygens (including phenoxy) is 4. The number of nitrogens with one attached hydrogen (secondary N) is 1. The van der Waals surface area contributed by atoms with Crippen molar-refractivity contribution in [3.8, 4) is 17.2 Å². The van der Waals surface area contributed by atoms with E-state index in [2.05, 4.69) is 5.32 Å². The highest BCUT2D eigenvalue weighted by atomic mass is 16.7. The Morgan fingerprint density at radius 2 is 2.00 bits per heavy atom. The van der Waals surface area contributed by atoms with Crippen molar-refractivity contribution in [2.24, 2.45) is 11.8 Å². The van der Waals surface area contributed by atoms with Crippen molar-refractivity contribution in [1.29, 1.82) is 0 Å². The zero-order chi connectivity index (χ0) is 22.6. The molecule has 0 unspecified atom stereocenters. The molecule has 4 aliphatic heterocycles. The van der Waals surface area contributed by atoms with Gasteiger partial charge in [-0.2, -0.15) is 0 Å². The zero-order valence-electron chi connectivity index (χ0n) is 18.2. The van der Waals surface area contributed by atoms with Crippen LogP contribution in [0.2, 0.25) is 0 Å². The molecule has 0 aromatic heterocycles. The number of amides is 2. The quantitative estimate of drug-likeness (QED) is 0.681. The van der Waals surface area contributed by atoms with Gasteiger partial charge in [0.2, 0.25) is 18.6 Å². The molecule has 1 N–H and O–H groups in total. The van der Waals surface area contributed by atoms with Gasteiger partial charge < -0.3 is 29.2 Å². The maximum absolute atomic E-state index is 13.5. The maximum Gasteiger partial charge on any atom is 0.234 e. The number of hydrogen-bond donors (Lipinski definition) is 1. The van der Waals surface area contributed by atoms with Gasteiger partial charge in [0.25, 0.3) is 0 Å². The monoisotopic (exact) mass is 448 g/mol. The Labute approximate surface area is 191 Å². The molecule has 8 heteroatoms. The van der Waals surface area contributed by atoms with Gasteiger partial charge in [0.15, 0.2) is 11.5 Å². The minimum absolute atomic E-state index is 0.101. The summed E-state index contributed by atoms with van der Waals surface area (Å²) < 4.78 is 22.2. The van der Waals surface area contributed by atoms with E-state index in [0.717, 1.165) is 11.3 Å². The lowest BCUT2D eigenvalue weighted by molar-refractivity contribution is -0.131. The van der Waals surface area contributed by atoms with Crippen molar-refractivity contribution < 1.29 is 28.5 Å². The van der Waals surface area contributed by atoms with Gasteiger partial charge >= 0.3 is 0 Å². The number of methoxy groups -OCH3 is 1. The van der Waals surface area contributed by atoms with Crippen LogP contribution in [0, 0.1) is 11.8 Å². The van der Waals surface area contributed by atoms with Gasteiger partial charge in [-0.15, -0.1) is 0 Å². The third kappa shape index (κ3) is 3.16. The fourth-order valence-corrected chi connectivity index (χ4v) is 5.31. The molecule has 2 aromatic rings. The van der Waals surface area contributed by atoms with E-state index in [1.165, 1.54) is 0 Å². The topological polar surface area (TPSA) is 86.3 Å². The minimum Gasteiger partial charge on any atom is -0.497 e. The zero-order valence-corrected chi connectivity index (χ0v) is 18.2. The predicted octanol–water partition coefficient (Wildman–Crippen LogP) is 2.07. The van der Waals surface area contributed by atoms with E-state index in [1.54, 1.807) is 24.1 Å². The van der Waals surface area contributed by atoms with Crippen LogP contribution in [0.25, 0.3) is 0 Å². The molecule has 4 atom stereocenters. The average Bonchev–Trinajstić information content (AvgIpc) is 3.59. The van der Waals surface area contributed by atoms with Crippen molar-refractivity contribution >= 4 is 17.5 Å². The second-order valence-electron chi connectivity index (χ2n) is 8.75. The molecule has 4 heterocycles. The minimum atomic E-state index is -0.768. The van der Waals surface area contributed by atoms with Crippen LogP contribution in [0.5, 0.6) is 17.2 Å². The van der Waals surface area contributed by atoms with Crippen LogP contribution in [0.1, 0.15) is 5.56 Å². The average molecular weight is 448 g/mol. The van der Waals surface area contributed by atoms with E-state index in [0.29, 0.717) is 36.7 Å². The number of rotatable bonds is 6. The number of hydrogen-bond acceptors (Lipinski definition) is 6. The van der Waals surface area contributed by atoms with E-state index in [4.69, 9.17) is 18.9 Å². The molecule has 1 spiro atoms. The Kier molecular flexibility index (Phi) is 4.58. The van der Waals surface area contributed by atoms with Crippen LogP contribution in [-0.4, -0.2) is 50.5 Å². The van der Waals surface area contributed by atoms with Crippen molar-refractivity contribution in [2.75, 3.05) is 31.9 Å². The summed E-state index contributed by atoms with van der Waals surface area (Å²) in [6.07, 6.45) is 4.19. The number of carbonyl (C=O) groups is 2. The molecular formula is C25H24N2O6. The normalized spacial score (nSPS) is 28.3. The third-order valence-corrected chi connectivity index (χ3v) is 6.94. The summed E-state index contributed by atoms with van der Waals surface area (Å²) in [4.78, 5) is 28.3. The van der Waals surface area contributed by atoms with Gasteiger partial charge in [0.1, 0.15) is 11.4 Å². The van der Waals surface area contributed by atoms with Gasteiger partial charge in [-0.1, -0.05) is 24.3 Å². The Morgan fingerprint density at radius 1 is 1.18 bits per heavy atom. The molecule has 2 fully saturated rings. The molecule has 0 aliphatic carbocycles. The van der Waals surface area contributed by atoms with Gasteiger partial charge in [-0.05, 0) is 36.2 Å². The van der Waals surface area contributed by atoms with E-state index < -0.39 is 17.4 Å². The first-order valence-corrected chi connectivity index (χ1v) is 11.1. The number of fused-ring (bicyclic) bond motifs is 2. The number of carbonyl (C=O) groups excluding carboxylic acids is 2. The first-order valence-electron chi connectivity index (χ1n) is 11.1. The Hall–Kier alpha value is -3.52. The van der Waals surface area contributed by atoms with Crippen LogP contribution in [0.4, 0.5) is 5.69 Å². The molecule has 2 amide bonds. The van der Waals surface area contributed by atoms with Gasteiger partial charge in [0, 0.05) is 18.3 Å². The fraction of sp³-hybridized carbons (Fsp3) is 0.360. The summed E-state index contributed by atoms with van der Waals surface area (Å²) in [5.74, 6) is 0.738. The number of anilines is 1. The molecule has 2 bridgehead atoms. The highest BCUT2D eigenvalue weighted by Crippen LogP contribution is 2.53. The second kappa shape index (κ2) is 7.52. The first-order chi connectivity index (χ1) is 16.1. The van der Waals surface area contributed by atoms with Crippen LogP contribution in [-0.2, 0) is 20.7 Å². The summed E-state index contributed by atoms with van der Waals surface area (Å²) in [5.41, 5.74) is 1.05. The van der Waals surface area contributed by atoms with Crippen LogP contribution < -0.4 is 24.4 Å². The molecule has 8 nitrogen and oxygen atoms in total. The Balaban J connectivity index is 1.16. The molecule has 2 saturated heterocycles. The molecule has 0 saturated carbocycles. The van der Waals surface area contributed by atoms with E-state index in [9.17, 15) is 9.59 Å². The van der Waals surface area contributed by atoms with Crippen molar-refractivity contribution in [1.82, 2.24) is 5.32 Å². The lowest BCUT2D eigenvalue weighted by Crippen LogP contribution is -2.44. The van der Waals surface area contributed by atoms with Gasteiger partial charge in [-0.25, -0.2) is 0 Å². The van der Waals surface area contributed by atoms with E-state index in [-0.39, 0.29) is 24.7 Å². The molecule has 170 valence electrons. The molecule has 4 aliphatic rings. The second-order valence-corrected chi connectivity index (χ2v) is 8.75. The molecule has 6 rings (SSSR count). The summed E-state index contributed by atoms with van der Waals surface area (Å²) in [7, 11) is 1.63. The highest BCUT2D eigenvalue weighted by Gasteiger charge is 2.67. The largest absolute Gasteiger partial charge is 0.497 e. The molecular weight excluding hydrogens is 424 g/mol. The SMILES string of the molecule is COc1ccc(CCNC(=O)[C@H]2[C@@H]3C=C[C@]4(CN(c5ccc6c(c5)OCO6)C(=O)[C@@H]24)O3)cc1. The van der Waals surface area contributed by atoms with E-state index in [1.807, 2.05) is 42.5 Å². The summed E-state index contributed by atoms with van der Waals surface area (Å²) >= 11 is 0. The summed E-state index contributed by atoms with van der Waals surface area (Å²) in [6.45, 7) is 1.03. The first kappa shape index (κ1) is 20.1. The van der Waals surface area contributed by atoms with Crippen molar-refractivity contribution in [3.05, 3.63) is 60.2 Å². The Morgan fingerprint density at radius 3 is 2.82 bits per heavy atom. The van der Waals surface area contributed by atoms with Crippen LogP contribution in [0.15, 0.2) is 54.6 Å². The number of nitrogens with zero attached hydrogens (tertiary/aromatic N) is 1. The predicted molar refractivity (Wildman–Crippen MR) is 118 cm³/mol. The number of benzene rings is 2. The molecule has 33 heavy (non-hydrogen) atoms. The maximum atomic E-state index is 13.5. The summed E-state index contributed by atoms with van der Waals surface area (Å²) in [5, 5.41) is 3.01. The van der Waals surface area contributed by atoms with Crippen LogP contribution >= 0.6 is 0 Å². The lowest BCUT2D eigenvalue weighted by Gasteiger charge is -2.23. The lowest BCUT2D eigenvalue weighted by atomic mass is 9.77. The van der Waals surface area contributed by atoms with Gasteiger partial charge in [0.05, 0.1) is 31.6 Å². The highest BCUT2D eigenvalue weighted by molar-refractivity contribution is 6.03. The fourth-order valence-electron chi connectivity index (χ4n) is 5.31. The van der Waals surface area contributed by atoms with Crippen molar-refractivity contribution in [2.45, 2.75) is 18.1 Å². The Bertz CT molecular complexity index is 1150. The molecule has 0 radical (unpaired) electrons. The van der Waals surface area contributed by atoms with Crippen LogP contribution in [0.3, 0.4) is 0 Å². The standard InChI is InChI=1S/C25H24N2O6/c1-30-17-5-2-15(3-6-17)9-11-26-23(28)21-19-8-10-25(33-19)13-27(24(29)22(21)25)16-4-7-18-20(12-16)32-14-31-18/h2-8,10,12,19,21-22H,9,11,13-14H2,1H3,(H,26,28)/t19-,21-,22+,25+/m0/s1.